The van der Waals surface area contributed by atoms with Crippen LogP contribution in [0.4, 0.5) is 0 Å². The Bertz CT molecular complexity index is 259. The van der Waals surface area contributed by atoms with Gasteiger partial charge in [0.15, 0.2) is 0 Å². The van der Waals surface area contributed by atoms with E-state index in [1.165, 1.54) is 63.9 Å². The van der Waals surface area contributed by atoms with Crippen LogP contribution in [-0.2, 0) is 0 Å². The Labute approximate surface area is 124 Å². The van der Waals surface area contributed by atoms with E-state index in [4.69, 9.17) is 0 Å². The molecule has 112 valence electrons. The van der Waals surface area contributed by atoms with E-state index in [0.29, 0.717) is 5.54 Å². The largest absolute Gasteiger partial charge is 0.308 e. The van der Waals surface area contributed by atoms with Crippen molar-refractivity contribution >= 4 is 11.8 Å². The van der Waals surface area contributed by atoms with Crippen molar-refractivity contribution in [3.05, 3.63) is 0 Å². The molecular formula is C16H32N2S. The van der Waals surface area contributed by atoms with E-state index in [-0.39, 0.29) is 0 Å². The summed E-state index contributed by atoms with van der Waals surface area (Å²) in [5.41, 5.74) is 0.380. The van der Waals surface area contributed by atoms with Crippen LogP contribution in [0.1, 0.15) is 59.3 Å². The van der Waals surface area contributed by atoms with E-state index in [1.807, 2.05) is 0 Å². The molecule has 0 spiro atoms. The second kappa shape index (κ2) is 7.33. The molecule has 2 fully saturated rings. The van der Waals surface area contributed by atoms with E-state index >= 15 is 0 Å². The molecule has 2 aliphatic rings. The molecule has 2 nitrogen and oxygen atoms in total. The van der Waals surface area contributed by atoms with Crippen molar-refractivity contribution in [2.24, 2.45) is 0 Å². The SMILES string of the molecule is CCC1CNC(CC)(CC)CN1CC1CCCCS1. The molecule has 0 radical (unpaired) electrons. The third-order valence-corrected chi connectivity index (χ3v) is 6.65. The minimum Gasteiger partial charge on any atom is -0.308 e. The van der Waals surface area contributed by atoms with E-state index in [1.54, 1.807) is 0 Å². The van der Waals surface area contributed by atoms with Crippen LogP contribution in [0.15, 0.2) is 0 Å². The lowest BCUT2D eigenvalue weighted by Crippen LogP contribution is -2.64. The molecule has 2 unspecified atom stereocenters. The van der Waals surface area contributed by atoms with Crippen LogP contribution in [0.5, 0.6) is 0 Å². The molecule has 0 saturated carbocycles. The topological polar surface area (TPSA) is 15.3 Å². The molecule has 1 N–H and O–H groups in total. The standard InChI is InChI=1S/C16H32N2S/c1-4-14-11-17-16(5-2,6-3)13-18(14)12-15-9-7-8-10-19-15/h14-15,17H,4-13H2,1-3H3. The fourth-order valence-corrected chi connectivity index (χ4v) is 4.92. The second-order valence-electron chi connectivity index (χ2n) is 6.35. The quantitative estimate of drug-likeness (QED) is 0.831. The molecule has 0 bridgehead atoms. The summed E-state index contributed by atoms with van der Waals surface area (Å²) in [6.45, 7) is 10.8. The van der Waals surface area contributed by atoms with Crippen molar-refractivity contribution in [3.63, 3.8) is 0 Å². The lowest BCUT2D eigenvalue weighted by molar-refractivity contribution is 0.0702. The van der Waals surface area contributed by atoms with Gasteiger partial charge in [-0.3, -0.25) is 4.90 Å². The maximum Gasteiger partial charge on any atom is 0.0304 e. The molecule has 0 aromatic heterocycles. The molecule has 2 saturated heterocycles. The van der Waals surface area contributed by atoms with Gasteiger partial charge in [-0.1, -0.05) is 27.2 Å². The maximum absolute atomic E-state index is 3.85. The molecule has 19 heavy (non-hydrogen) atoms. The van der Waals surface area contributed by atoms with E-state index in [9.17, 15) is 0 Å². The highest BCUT2D eigenvalue weighted by atomic mass is 32.2. The fourth-order valence-electron chi connectivity index (χ4n) is 3.59. The number of hydrogen-bond donors (Lipinski definition) is 1. The number of nitrogens with one attached hydrogen (secondary N) is 1. The van der Waals surface area contributed by atoms with Gasteiger partial charge in [-0.2, -0.15) is 11.8 Å². The number of piperazine rings is 1. The molecule has 2 heterocycles. The van der Waals surface area contributed by atoms with E-state index in [2.05, 4.69) is 42.7 Å². The normalized spacial score (nSPS) is 32.4. The maximum atomic E-state index is 3.85. The summed E-state index contributed by atoms with van der Waals surface area (Å²) >= 11 is 2.22. The van der Waals surface area contributed by atoms with Crippen molar-refractivity contribution in [3.8, 4) is 0 Å². The zero-order valence-corrected chi connectivity index (χ0v) is 13.9. The van der Waals surface area contributed by atoms with E-state index < -0.39 is 0 Å². The van der Waals surface area contributed by atoms with Gasteiger partial charge in [-0.25, -0.2) is 0 Å². The van der Waals surface area contributed by atoms with Gasteiger partial charge in [-0.05, 0) is 37.9 Å². The molecule has 0 aromatic rings. The molecule has 0 aromatic carbocycles. The predicted molar refractivity (Wildman–Crippen MR) is 87.1 cm³/mol. The Kier molecular flexibility index (Phi) is 6.04. The van der Waals surface area contributed by atoms with Gasteiger partial charge in [0.1, 0.15) is 0 Å². The average Bonchev–Trinajstić information content (AvgIpc) is 2.48. The predicted octanol–water partition coefficient (Wildman–Crippen LogP) is 3.51. The minimum absolute atomic E-state index is 0.380. The summed E-state index contributed by atoms with van der Waals surface area (Å²) in [6.07, 6.45) is 8.13. The first-order valence-corrected chi connectivity index (χ1v) is 9.38. The Hall–Kier alpha value is 0.270. The smallest absolute Gasteiger partial charge is 0.0304 e. The van der Waals surface area contributed by atoms with Crippen LogP contribution in [0.3, 0.4) is 0 Å². The Balaban J connectivity index is 1.96. The fraction of sp³-hybridized carbons (Fsp3) is 1.00. The molecule has 2 atom stereocenters. The van der Waals surface area contributed by atoms with Crippen LogP contribution in [0, 0.1) is 0 Å². The van der Waals surface area contributed by atoms with Gasteiger partial charge in [-0.15, -0.1) is 0 Å². The summed E-state index contributed by atoms with van der Waals surface area (Å²) < 4.78 is 0. The highest BCUT2D eigenvalue weighted by Crippen LogP contribution is 2.29. The second-order valence-corrected chi connectivity index (χ2v) is 7.76. The molecular weight excluding hydrogens is 252 g/mol. The van der Waals surface area contributed by atoms with Crippen LogP contribution >= 0.6 is 11.8 Å². The monoisotopic (exact) mass is 284 g/mol. The Morgan fingerprint density at radius 2 is 2.00 bits per heavy atom. The van der Waals surface area contributed by atoms with Crippen molar-refractivity contribution < 1.29 is 0 Å². The lowest BCUT2D eigenvalue weighted by atomic mass is 9.88. The van der Waals surface area contributed by atoms with Crippen molar-refractivity contribution in [1.82, 2.24) is 10.2 Å². The highest BCUT2D eigenvalue weighted by molar-refractivity contribution is 7.99. The molecule has 0 aliphatic carbocycles. The summed E-state index contributed by atoms with van der Waals surface area (Å²) in [5.74, 6) is 1.39. The summed E-state index contributed by atoms with van der Waals surface area (Å²) in [5, 5.41) is 4.75. The third-order valence-electron chi connectivity index (χ3n) is 5.27. The number of nitrogens with zero attached hydrogens (tertiary/aromatic N) is 1. The Morgan fingerprint density at radius 3 is 2.58 bits per heavy atom. The summed E-state index contributed by atoms with van der Waals surface area (Å²) in [6, 6.07) is 0.758. The number of thioether (sulfide) groups is 1. The molecule has 2 rings (SSSR count). The zero-order chi connectivity index (χ0) is 13.7. The van der Waals surface area contributed by atoms with Crippen LogP contribution < -0.4 is 5.32 Å². The molecule has 3 heteroatoms. The van der Waals surface area contributed by atoms with Gasteiger partial charge in [0.2, 0.25) is 0 Å². The van der Waals surface area contributed by atoms with Gasteiger partial charge in [0.25, 0.3) is 0 Å². The van der Waals surface area contributed by atoms with Crippen LogP contribution in [0.2, 0.25) is 0 Å². The molecule has 2 aliphatic heterocycles. The van der Waals surface area contributed by atoms with Crippen LogP contribution in [-0.4, -0.2) is 47.1 Å². The van der Waals surface area contributed by atoms with Gasteiger partial charge < -0.3 is 5.32 Å². The first kappa shape index (κ1) is 15.7. The molecule has 0 amide bonds. The summed E-state index contributed by atoms with van der Waals surface area (Å²) in [4.78, 5) is 2.81. The van der Waals surface area contributed by atoms with Crippen molar-refractivity contribution in [2.75, 3.05) is 25.4 Å². The van der Waals surface area contributed by atoms with Gasteiger partial charge in [0, 0.05) is 36.5 Å². The Morgan fingerprint density at radius 1 is 1.21 bits per heavy atom. The number of hydrogen-bond acceptors (Lipinski definition) is 3. The van der Waals surface area contributed by atoms with Gasteiger partial charge >= 0.3 is 0 Å². The minimum atomic E-state index is 0.380. The van der Waals surface area contributed by atoms with Crippen LogP contribution in [0.25, 0.3) is 0 Å². The average molecular weight is 285 g/mol. The number of rotatable bonds is 5. The van der Waals surface area contributed by atoms with E-state index in [0.717, 1.165) is 11.3 Å². The summed E-state index contributed by atoms with van der Waals surface area (Å²) in [7, 11) is 0. The van der Waals surface area contributed by atoms with Gasteiger partial charge in [0.05, 0.1) is 0 Å². The third kappa shape index (κ3) is 3.89. The highest BCUT2D eigenvalue weighted by Gasteiger charge is 2.36. The first-order chi connectivity index (χ1) is 9.23. The first-order valence-electron chi connectivity index (χ1n) is 8.33. The lowest BCUT2D eigenvalue weighted by Gasteiger charge is -2.48. The van der Waals surface area contributed by atoms with Crippen molar-refractivity contribution in [2.45, 2.75) is 76.1 Å². The zero-order valence-electron chi connectivity index (χ0n) is 13.1. The van der Waals surface area contributed by atoms with Crippen molar-refractivity contribution in [1.29, 1.82) is 0 Å².